The highest BCUT2D eigenvalue weighted by molar-refractivity contribution is 6.30. The zero-order valence-electron chi connectivity index (χ0n) is 9.79. The molecule has 3 nitrogen and oxygen atoms in total. The Kier molecular flexibility index (Phi) is 2.68. The van der Waals surface area contributed by atoms with Gasteiger partial charge in [0.05, 0.1) is 11.2 Å². The summed E-state index contributed by atoms with van der Waals surface area (Å²) in [7, 11) is 0. The minimum absolute atomic E-state index is 0.00976. The summed E-state index contributed by atoms with van der Waals surface area (Å²) in [5, 5.41) is 0.711. The molecule has 2 rings (SSSR count). The van der Waals surface area contributed by atoms with Gasteiger partial charge in [-0.1, -0.05) is 32.4 Å². The van der Waals surface area contributed by atoms with Crippen LogP contribution in [0.1, 0.15) is 32.3 Å². The lowest BCUT2D eigenvalue weighted by Crippen LogP contribution is -2.15. The topological polar surface area (TPSA) is 43.3 Å². The molecular formula is C12H16ClN3. The Morgan fingerprint density at radius 2 is 2.12 bits per heavy atom. The summed E-state index contributed by atoms with van der Waals surface area (Å²) >= 11 is 5.99. The fraction of sp³-hybridized carbons (Fsp3) is 0.417. The van der Waals surface area contributed by atoms with E-state index in [-0.39, 0.29) is 5.41 Å². The maximum Gasteiger partial charge on any atom is 0.119 e. The van der Waals surface area contributed by atoms with Crippen molar-refractivity contribution in [2.45, 2.75) is 32.7 Å². The van der Waals surface area contributed by atoms with Gasteiger partial charge in [0.1, 0.15) is 5.82 Å². The fourth-order valence-electron chi connectivity index (χ4n) is 1.80. The minimum Gasteiger partial charge on any atom is -0.325 e. The summed E-state index contributed by atoms with van der Waals surface area (Å²) < 4.78 is 2.06. The number of rotatable bonds is 1. The van der Waals surface area contributed by atoms with Crippen LogP contribution in [0.2, 0.25) is 5.02 Å². The highest BCUT2D eigenvalue weighted by Gasteiger charge is 2.21. The smallest absolute Gasteiger partial charge is 0.119 e. The molecule has 0 saturated heterocycles. The summed E-state index contributed by atoms with van der Waals surface area (Å²) in [5.41, 5.74) is 7.59. The van der Waals surface area contributed by atoms with Crippen LogP contribution in [0.15, 0.2) is 18.3 Å². The van der Waals surface area contributed by atoms with Crippen LogP contribution >= 0.6 is 11.6 Å². The van der Waals surface area contributed by atoms with Gasteiger partial charge in [-0.15, -0.1) is 0 Å². The molecule has 0 unspecified atom stereocenters. The van der Waals surface area contributed by atoms with Crippen molar-refractivity contribution in [3.05, 3.63) is 34.9 Å². The molecule has 2 N–H and O–H groups in total. The first kappa shape index (κ1) is 11.4. The van der Waals surface area contributed by atoms with Crippen molar-refractivity contribution in [1.29, 1.82) is 0 Å². The van der Waals surface area contributed by atoms with E-state index < -0.39 is 0 Å². The maximum absolute atomic E-state index is 5.99. The number of fused-ring (bicyclic) bond motifs is 1. The molecule has 4 heteroatoms. The molecule has 0 aromatic carbocycles. The summed E-state index contributed by atoms with van der Waals surface area (Å²) in [4.78, 5) is 4.60. The van der Waals surface area contributed by atoms with Crippen LogP contribution in [0, 0.1) is 0 Å². The van der Waals surface area contributed by atoms with Gasteiger partial charge in [-0.2, -0.15) is 0 Å². The first-order chi connectivity index (χ1) is 7.43. The molecule has 2 aromatic rings. The van der Waals surface area contributed by atoms with Crippen LogP contribution in [0.4, 0.5) is 0 Å². The highest BCUT2D eigenvalue weighted by atomic mass is 35.5. The molecule has 16 heavy (non-hydrogen) atoms. The van der Waals surface area contributed by atoms with E-state index in [1.54, 1.807) is 0 Å². The molecule has 2 aromatic heterocycles. The van der Waals surface area contributed by atoms with Gasteiger partial charge >= 0.3 is 0 Å². The molecule has 2 heterocycles. The SMILES string of the molecule is CC(C)(C)c1nc(CN)c2cc(Cl)ccn12. The van der Waals surface area contributed by atoms with Crippen molar-refractivity contribution in [2.24, 2.45) is 5.73 Å². The molecule has 0 radical (unpaired) electrons. The van der Waals surface area contributed by atoms with E-state index in [1.807, 2.05) is 18.3 Å². The van der Waals surface area contributed by atoms with Crippen molar-refractivity contribution in [1.82, 2.24) is 9.38 Å². The Morgan fingerprint density at radius 3 is 2.69 bits per heavy atom. The van der Waals surface area contributed by atoms with Gasteiger partial charge in [-0.3, -0.25) is 0 Å². The lowest BCUT2D eigenvalue weighted by atomic mass is 9.96. The minimum atomic E-state index is -0.00976. The second-order valence-electron chi connectivity index (χ2n) is 4.94. The zero-order chi connectivity index (χ0) is 11.9. The van der Waals surface area contributed by atoms with Crippen LogP contribution in [-0.4, -0.2) is 9.38 Å². The average Bonchev–Trinajstić information content (AvgIpc) is 2.55. The molecule has 0 saturated carbocycles. The van der Waals surface area contributed by atoms with Crippen LogP contribution in [0.3, 0.4) is 0 Å². The van der Waals surface area contributed by atoms with Crippen molar-refractivity contribution < 1.29 is 0 Å². The number of halogens is 1. The monoisotopic (exact) mass is 237 g/mol. The van der Waals surface area contributed by atoms with Crippen molar-refractivity contribution in [2.75, 3.05) is 0 Å². The third kappa shape index (κ3) is 1.81. The van der Waals surface area contributed by atoms with Crippen LogP contribution in [0.25, 0.3) is 5.52 Å². The Bertz CT molecular complexity index is 523. The molecule has 0 aliphatic carbocycles. The number of aromatic nitrogens is 2. The van der Waals surface area contributed by atoms with Gasteiger partial charge in [-0.25, -0.2) is 4.98 Å². The Balaban J connectivity index is 2.78. The number of pyridine rings is 1. The molecule has 86 valence electrons. The van der Waals surface area contributed by atoms with Gasteiger partial charge in [0.2, 0.25) is 0 Å². The summed E-state index contributed by atoms with van der Waals surface area (Å²) in [6.07, 6.45) is 1.95. The number of nitrogens with zero attached hydrogens (tertiary/aromatic N) is 2. The molecule has 0 bridgehead atoms. The number of imidazole rings is 1. The van der Waals surface area contributed by atoms with Crippen molar-refractivity contribution >= 4 is 17.1 Å². The predicted octanol–water partition coefficient (Wildman–Crippen LogP) is 2.74. The molecular weight excluding hydrogens is 222 g/mol. The molecule has 0 aliphatic rings. The van der Waals surface area contributed by atoms with Crippen molar-refractivity contribution in [3.8, 4) is 0 Å². The Labute approximate surface area is 100 Å². The number of hydrogen-bond acceptors (Lipinski definition) is 2. The predicted molar refractivity (Wildman–Crippen MR) is 66.8 cm³/mol. The second kappa shape index (κ2) is 3.75. The zero-order valence-corrected chi connectivity index (χ0v) is 10.5. The van der Waals surface area contributed by atoms with Gasteiger partial charge in [0, 0.05) is 23.2 Å². The van der Waals surface area contributed by atoms with Crippen LogP contribution in [0.5, 0.6) is 0 Å². The summed E-state index contributed by atoms with van der Waals surface area (Å²) in [6, 6.07) is 3.78. The Morgan fingerprint density at radius 1 is 1.44 bits per heavy atom. The first-order valence-electron chi connectivity index (χ1n) is 5.30. The number of hydrogen-bond donors (Lipinski definition) is 1. The van der Waals surface area contributed by atoms with E-state index in [1.165, 1.54) is 0 Å². The molecule has 0 atom stereocenters. The molecule has 0 aliphatic heterocycles. The summed E-state index contributed by atoms with van der Waals surface area (Å²) in [5.74, 6) is 1.01. The third-order valence-electron chi connectivity index (χ3n) is 2.55. The van der Waals surface area contributed by atoms with E-state index in [9.17, 15) is 0 Å². The third-order valence-corrected chi connectivity index (χ3v) is 2.78. The molecule has 0 fully saturated rings. The van der Waals surface area contributed by atoms with Gasteiger partial charge in [0.15, 0.2) is 0 Å². The second-order valence-corrected chi connectivity index (χ2v) is 5.37. The average molecular weight is 238 g/mol. The number of nitrogens with two attached hydrogens (primary N) is 1. The normalized spacial score (nSPS) is 12.3. The van der Waals surface area contributed by atoms with Crippen LogP contribution in [-0.2, 0) is 12.0 Å². The quantitative estimate of drug-likeness (QED) is 0.829. The molecule has 0 spiro atoms. The lowest BCUT2D eigenvalue weighted by molar-refractivity contribution is 0.541. The largest absolute Gasteiger partial charge is 0.325 e. The fourth-order valence-corrected chi connectivity index (χ4v) is 1.96. The van der Waals surface area contributed by atoms with E-state index in [0.717, 1.165) is 17.0 Å². The van der Waals surface area contributed by atoms with Gasteiger partial charge < -0.3 is 10.1 Å². The first-order valence-corrected chi connectivity index (χ1v) is 5.68. The highest BCUT2D eigenvalue weighted by Crippen LogP contribution is 2.25. The van der Waals surface area contributed by atoms with E-state index in [2.05, 4.69) is 30.2 Å². The van der Waals surface area contributed by atoms with Gasteiger partial charge in [-0.05, 0) is 12.1 Å². The van der Waals surface area contributed by atoms with Gasteiger partial charge in [0.25, 0.3) is 0 Å². The summed E-state index contributed by atoms with van der Waals surface area (Å²) in [6.45, 7) is 6.84. The van der Waals surface area contributed by atoms with Crippen LogP contribution < -0.4 is 5.73 Å². The standard InChI is InChI=1S/C12H16ClN3/c1-12(2,3)11-15-9(7-14)10-6-8(13)4-5-16(10)11/h4-6H,7,14H2,1-3H3. The van der Waals surface area contributed by atoms with E-state index in [0.29, 0.717) is 11.6 Å². The Hall–Kier alpha value is -1.06. The molecule has 0 amide bonds. The van der Waals surface area contributed by atoms with E-state index >= 15 is 0 Å². The van der Waals surface area contributed by atoms with E-state index in [4.69, 9.17) is 17.3 Å². The maximum atomic E-state index is 5.99. The van der Waals surface area contributed by atoms with Crippen molar-refractivity contribution in [3.63, 3.8) is 0 Å². The lowest BCUT2D eigenvalue weighted by Gasteiger charge is -2.16.